The Kier molecular flexibility index (Phi) is 6.16. The summed E-state index contributed by atoms with van der Waals surface area (Å²) in [5.41, 5.74) is 3.58. The fourth-order valence-electron chi connectivity index (χ4n) is 3.82. The van der Waals surface area contributed by atoms with Crippen LogP contribution < -0.4 is 14.9 Å². The molecule has 0 saturated heterocycles. The molecule has 1 unspecified atom stereocenters. The van der Waals surface area contributed by atoms with Gasteiger partial charge in [0.05, 0.1) is 35.3 Å². The quantitative estimate of drug-likeness (QED) is 0.325. The summed E-state index contributed by atoms with van der Waals surface area (Å²) in [6.07, 6.45) is 3.77. The number of hydrogen-bond acceptors (Lipinski definition) is 6. The maximum Gasteiger partial charge on any atom is 0.295 e. The van der Waals surface area contributed by atoms with Crippen LogP contribution in [-0.2, 0) is 22.8 Å². The number of hydrogen-bond donors (Lipinski definition) is 3. The Morgan fingerprint density at radius 1 is 1.25 bits per heavy atom. The van der Waals surface area contributed by atoms with Crippen LogP contribution in [0.25, 0.3) is 22.4 Å². The van der Waals surface area contributed by atoms with E-state index in [0.717, 1.165) is 24.1 Å². The molecular formula is C23H24F2N8O2S. The first-order valence-electron chi connectivity index (χ1n) is 11.2. The second kappa shape index (κ2) is 9.30. The summed E-state index contributed by atoms with van der Waals surface area (Å²) in [6, 6.07) is 7.12. The molecule has 36 heavy (non-hydrogen) atoms. The minimum absolute atomic E-state index is 0.0434. The van der Waals surface area contributed by atoms with Crippen molar-refractivity contribution in [2.24, 2.45) is 13.0 Å². The Morgan fingerprint density at radius 3 is 2.67 bits per heavy atom. The van der Waals surface area contributed by atoms with Gasteiger partial charge in [-0.2, -0.15) is 0 Å². The van der Waals surface area contributed by atoms with Crippen molar-refractivity contribution in [2.45, 2.75) is 19.3 Å². The minimum Gasteiger partial charge on any atom is -0.352 e. The molecule has 4 aromatic rings. The third kappa shape index (κ3) is 4.65. The first-order chi connectivity index (χ1) is 17.2. The molecule has 1 atom stereocenters. The van der Waals surface area contributed by atoms with Gasteiger partial charge in [-0.25, -0.2) is 27.9 Å². The first-order valence-corrected chi connectivity index (χ1v) is 12.7. The van der Waals surface area contributed by atoms with E-state index in [1.165, 1.54) is 0 Å². The van der Waals surface area contributed by atoms with Crippen LogP contribution in [0.5, 0.6) is 0 Å². The molecule has 0 radical (unpaired) electrons. The third-order valence-electron chi connectivity index (χ3n) is 5.99. The molecule has 3 N–H and O–H groups in total. The smallest absolute Gasteiger partial charge is 0.295 e. The number of amides is 1. The lowest BCUT2D eigenvalue weighted by atomic mass is 10.1. The van der Waals surface area contributed by atoms with Gasteiger partial charge in [0.15, 0.2) is 11.5 Å². The van der Waals surface area contributed by atoms with Gasteiger partial charge in [-0.05, 0) is 25.0 Å². The van der Waals surface area contributed by atoms with E-state index in [2.05, 4.69) is 30.6 Å². The number of rotatable bonds is 8. The summed E-state index contributed by atoms with van der Waals surface area (Å²) in [7, 11) is 2.22. The number of fused-ring (bicyclic) bond motifs is 1. The molecule has 0 bridgehead atoms. The Morgan fingerprint density at radius 2 is 2.03 bits per heavy atom. The molecule has 0 aliphatic heterocycles. The number of benzene rings is 1. The number of aromatic nitrogens is 5. The first kappa shape index (κ1) is 23.9. The lowest BCUT2D eigenvalue weighted by Crippen LogP contribution is -2.20. The van der Waals surface area contributed by atoms with Crippen molar-refractivity contribution in [3.8, 4) is 11.3 Å². The van der Waals surface area contributed by atoms with E-state index in [4.69, 9.17) is 0 Å². The second-order valence-electron chi connectivity index (χ2n) is 8.61. The van der Waals surface area contributed by atoms with Crippen LogP contribution in [0, 0.1) is 5.92 Å². The van der Waals surface area contributed by atoms with Gasteiger partial charge in [0, 0.05) is 37.9 Å². The van der Waals surface area contributed by atoms with Crippen LogP contribution in [-0.4, -0.2) is 47.9 Å². The van der Waals surface area contributed by atoms with Crippen molar-refractivity contribution in [1.29, 1.82) is 0 Å². The van der Waals surface area contributed by atoms with E-state index in [1.807, 2.05) is 23.7 Å². The minimum atomic E-state index is -2.82. The maximum absolute atomic E-state index is 13.4. The van der Waals surface area contributed by atoms with Crippen LogP contribution in [0.4, 0.5) is 31.7 Å². The molecule has 1 amide bonds. The van der Waals surface area contributed by atoms with Gasteiger partial charge in [0.1, 0.15) is 22.3 Å². The summed E-state index contributed by atoms with van der Waals surface area (Å²) in [5.74, 6) is -0.548. The molecule has 13 heteroatoms. The number of aryl methyl sites for hydroxylation is 1. The number of aromatic amines is 1. The fourth-order valence-corrected chi connectivity index (χ4v) is 4.25. The molecule has 1 aliphatic rings. The Hall–Kier alpha value is -3.87. The molecular weight excluding hydrogens is 490 g/mol. The summed E-state index contributed by atoms with van der Waals surface area (Å²) in [5, 5.41) is 5.99. The topological polar surface area (TPSA) is 121 Å². The largest absolute Gasteiger partial charge is 0.352 e. The van der Waals surface area contributed by atoms with Gasteiger partial charge in [0.2, 0.25) is 5.91 Å². The van der Waals surface area contributed by atoms with E-state index in [1.54, 1.807) is 42.3 Å². The molecule has 1 saturated carbocycles. The van der Waals surface area contributed by atoms with Crippen LogP contribution in [0.2, 0.25) is 0 Å². The fraction of sp³-hybridized carbons (Fsp3) is 0.304. The number of nitrogens with one attached hydrogen (secondary N) is 3. The molecule has 5 rings (SSSR count). The van der Waals surface area contributed by atoms with Crippen molar-refractivity contribution >= 4 is 50.9 Å². The highest BCUT2D eigenvalue weighted by molar-refractivity contribution is 7.85. The highest BCUT2D eigenvalue weighted by Crippen LogP contribution is 2.37. The number of alkyl halides is 2. The molecule has 188 valence electrons. The third-order valence-corrected chi connectivity index (χ3v) is 6.96. The van der Waals surface area contributed by atoms with Crippen molar-refractivity contribution in [1.82, 2.24) is 24.5 Å². The molecule has 1 aliphatic carbocycles. The van der Waals surface area contributed by atoms with Crippen LogP contribution in [0.1, 0.15) is 25.1 Å². The zero-order valence-corrected chi connectivity index (χ0v) is 20.6. The lowest BCUT2D eigenvalue weighted by molar-refractivity contribution is -0.117. The Bertz CT molecular complexity index is 1480. The van der Waals surface area contributed by atoms with Gasteiger partial charge in [-0.15, -0.1) is 0 Å². The monoisotopic (exact) mass is 514 g/mol. The predicted octanol–water partition coefficient (Wildman–Crippen LogP) is 4.12. The van der Waals surface area contributed by atoms with Crippen molar-refractivity contribution in [3.63, 3.8) is 0 Å². The summed E-state index contributed by atoms with van der Waals surface area (Å²) in [4.78, 5) is 27.3. The number of carbonyl (C=O) groups excluding carboxylic acids is 1. The molecule has 10 nitrogen and oxygen atoms in total. The van der Waals surface area contributed by atoms with E-state index in [0.29, 0.717) is 17.1 Å². The molecule has 3 aromatic heterocycles. The van der Waals surface area contributed by atoms with Gasteiger partial charge in [0.25, 0.3) is 6.43 Å². The van der Waals surface area contributed by atoms with Crippen LogP contribution in [0.15, 0.2) is 36.8 Å². The van der Waals surface area contributed by atoms with Gasteiger partial charge in [-0.1, -0.05) is 6.07 Å². The normalized spacial score (nSPS) is 14.3. The zero-order chi connectivity index (χ0) is 25.6. The van der Waals surface area contributed by atoms with E-state index in [9.17, 15) is 17.8 Å². The standard InChI is InChI=1S/C23H24F2N8O2S/c1-32-11-26-10-17(32)13-6-7-14(16(8-13)33(2)36(3)35)27-15-9-18(29-23(34)12-4-5-12)28-21-19(15)30-22(31-21)20(24)25/h6-12,20H,4-5H2,1-3H3,(H3,27,28,29,30,31,34). The number of anilines is 4. The van der Waals surface area contributed by atoms with Crippen LogP contribution >= 0.6 is 0 Å². The van der Waals surface area contributed by atoms with Crippen molar-refractivity contribution in [3.05, 3.63) is 42.6 Å². The number of carbonyl (C=O) groups is 1. The van der Waals surface area contributed by atoms with E-state index in [-0.39, 0.29) is 28.8 Å². The maximum atomic E-state index is 13.4. The predicted molar refractivity (Wildman–Crippen MR) is 135 cm³/mol. The number of nitrogens with zero attached hydrogens (tertiary/aromatic N) is 5. The van der Waals surface area contributed by atoms with Crippen LogP contribution in [0.3, 0.4) is 0 Å². The zero-order valence-electron chi connectivity index (χ0n) is 19.7. The molecule has 0 spiro atoms. The van der Waals surface area contributed by atoms with Gasteiger partial charge >= 0.3 is 0 Å². The number of pyridine rings is 1. The Balaban J connectivity index is 1.59. The average Bonchev–Trinajstić information content (AvgIpc) is 3.46. The summed E-state index contributed by atoms with van der Waals surface area (Å²) >= 11 is 0. The summed E-state index contributed by atoms with van der Waals surface area (Å²) < 4.78 is 42.6. The molecule has 3 heterocycles. The molecule has 1 aromatic carbocycles. The SMILES string of the molecule is CN(c1cc(-c2cncn2C)ccc1Nc1cc(NC(=O)C2CC2)nc2nc(C(F)F)[nH]c12)S(C)=O. The van der Waals surface area contributed by atoms with Gasteiger partial charge in [-0.3, -0.25) is 9.10 Å². The number of H-pyrrole nitrogens is 1. The molecule has 1 fully saturated rings. The average molecular weight is 515 g/mol. The van der Waals surface area contributed by atoms with Crippen molar-refractivity contribution < 1.29 is 17.8 Å². The second-order valence-corrected chi connectivity index (χ2v) is 10.0. The highest BCUT2D eigenvalue weighted by atomic mass is 32.2. The lowest BCUT2D eigenvalue weighted by Gasteiger charge is -2.22. The number of halogens is 2. The summed E-state index contributed by atoms with van der Waals surface area (Å²) in [6.45, 7) is 0. The van der Waals surface area contributed by atoms with E-state index >= 15 is 0 Å². The highest BCUT2D eigenvalue weighted by Gasteiger charge is 2.30. The van der Waals surface area contributed by atoms with Gasteiger partial charge < -0.3 is 20.2 Å². The number of imidazole rings is 2. The van der Waals surface area contributed by atoms with Crippen molar-refractivity contribution in [2.75, 3.05) is 28.2 Å². The van der Waals surface area contributed by atoms with E-state index < -0.39 is 23.2 Å². The Labute approximate surface area is 207 Å².